The van der Waals surface area contributed by atoms with Crippen LogP contribution in [0.1, 0.15) is 0 Å². The maximum Gasteiger partial charge on any atom is 0.164 e. The molecule has 0 amide bonds. The topological polar surface area (TPSA) is 65.0 Å². The van der Waals surface area contributed by atoms with Crippen LogP contribution in [-0.4, -0.2) is 15.0 Å². The zero-order valence-corrected chi connectivity index (χ0v) is 31.1. The maximum absolute atomic E-state index is 6.64. The van der Waals surface area contributed by atoms with Gasteiger partial charge < -0.3 is 8.83 Å². The van der Waals surface area contributed by atoms with Crippen molar-refractivity contribution in [3.05, 3.63) is 188 Å². The second-order valence-corrected chi connectivity index (χ2v) is 14.7. The molecule has 270 valence electrons. The predicted molar refractivity (Wildman–Crippen MR) is 237 cm³/mol. The third kappa shape index (κ3) is 5.07. The summed E-state index contributed by atoms with van der Waals surface area (Å²) in [6.07, 6.45) is 0. The lowest BCUT2D eigenvalue weighted by Gasteiger charge is -2.14. The van der Waals surface area contributed by atoms with E-state index in [0.717, 1.165) is 104 Å². The normalized spacial score (nSPS) is 11.8. The minimum atomic E-state index is 0.559. The van der Waals surface area contributed by atoms with E-state index < -0.39 is 0 Å². The Morgan fingerprint density at radius 1 is 0.293 bits per heavy atom. The standard InChI is InChI=1S/C53H31N3O2/c1-2-15-32(16-3-1)33-19-14-20-34(29-33)37-21-8-9-24-40(37)51-54-52(43-30-35-17-4-6-22-38(35)49-47(43)41-25-10-12-27-45(41)57-49)56-53(55-51)44-31-36-18-5-7-23-39(36)50-48(44)42-26-11-13-28-46(42)58-50/h1-31H. The molecule has 3 aromatic heterocycles. The molecule has 0 unspecified atom stereocenters. The van der Waals surface area contributed by atoms with Gasteiger partial charge in [0.25, 0.3) is 0 Å². The molecule has 0 saturated heterocycles. The molecule has 3 heterocycles. The molecule has 0 radical (unpaired) electrons. The van der Waals surface area contributed by atoms with Crippen LogP contribution in [0.15, 0.2) is 197 Å². The van der Waals surface area contributed by atoms with E-state index in [0.29, 0.717) is 17.5 Å². The van der Waals surface area contributed by atoms with Gasteiger partial charge in [-0.3, -0.25) is 0 Å². The van der Waals surface area contributed by atoms with Crippen molar-refractivity contribution in [3.63, 3.8) is 0 Å². The minimum absolute atomic E-state index is 0.559. The van der Waals surface area contributed by atoms with E-state index in [2.05, 4.69) is 158 Å². The van der Waals surface area contributed by atoms with E-state index in [1.807, 2.05) is 30.3 Å². The number of furan rings is 2. The highest BCUT2D eigenvalue weighted by atomic mass is 16.3. The van der Waals surface area contributed by atoms with Gasteiger partial charge in [-0.15, -0.1) is 0 Å². The number of para-hydroxylation sites is 2. The molecule has 0 saturated carbocycles. The van der Waals surface area contributed by atoms with Gasteiger partial charge in [-0.25, -0.2) is 15.0 Å². The van der Waals surface area contributed by atoms with Crippen molar-refractivity contribution in [2.45, 2.75) is 0 Å². The Labute approximate surface area is 332 Å². The molecule has 0 atom stereocenters. The molecular weight excluding hydrogens is 711 g/mol. The van der Waals surface area contributed by atoms with Crippen LogP contribution in [-0.2, 0) is 0 Å². The smallest absolute Gasteiger partial charge is 0.164 e. The SMILES string of the molecule is c1ccc(-c2cccc(-c3ccccc3-c3nc(-c4cc5ccccc5c5oc6ccccc6c45)nc(-c4cc5ccccc5c5oc6ccccc6c45)n3)c2)cc1. The van der Waals surface area contributed by atoms with Gasteiger partial charge in [0.05, 0.1) is 0 Å². The number of rotatable bonds is 5. The summed E-state index contributed by atoms with van der Waals surface area (Å²) < 4.78 is 13.3. The Balaban J connectivity index is 1.18. The molecule has 12 rings (SSSR count). The fourth-order valence-electron chi connectivity index (χ4n) is 8.64. The van der Waals surface area contributed by atoms with Crippen molar-refractivity contribution in [3.8, 4) is 56.4 Å². The van der Waals surface area contributed by atoms with Crippen LogP contribution in [0.4, 0.5) is 0 Å². The number of benzene rings is 9. The molecule has 0 aliphatic heterocycles. The highest BCUT2D eigenvalue weighted by Gasteiger charge is 2.24. The summed E-state index contributed by atoms with van der Waals surface area (Å²) in [5.41, 5.74) is 10.3. The number of hydrogen-bond donors (Lipinski definition) is 0. The molecule has 0 aliphatic rings. The van der Waals surface area contributed by atoms with E-state index in [4.69, 9.17) is 23.8 Å². The van der Waals surface area contributed by atoms with Gasteiger partial charge >= 0.3 is 0 Å². The molecule has 0 aliphatic carbocycles. The molecular formula is C53H31N3O2. The maximum atomic E-state index is 6.64. The van der Waals surface area contributed by atoms with Crippen LogP contribution in [0.2, 0.25) is 0 Å². The van der Waals surface area contributed by atoms with Crippen molar-refractivity contribution in [1.82, 2.24) is 15.0 Å². The van der Waals surface area contributed by atoms with Crippen molar-refractivity contribution < 1.29 is 8.83 Å². The van der Waals surface area contributed by atoms with E-state index in [1.54, 1.807) is 0 Å². The van der Waals surface area contributed by atoms with Crippen LogP contribution >= 0.6 is 0 Å². The third-order valence-corrected chi connectivity index (χ3v) is 11.3. The van der Waals surface area contributed by atoms with E-state index >= 15 is 0 Å². The van der Waals surface area contributed by atoms with E-state index in [1.165, 1.54) is 0 Å². The second kappa shape index (κ2) is 12.8. The minimum Gasteiger partial charge on any atom is -0.455 e. The van der Waals surface area contributed by atoms with Gasteiger partial charge in [0.1, 0.15) is 22.3 Å². The Hall–Kier alpha value is -7.89. The second-order valence-electron chi connectivity index (χ2n) is 14.7. The average molecular weight is 742 g/mol. The third-order valence-electron chi connectivity index (χ3n) is 11.3. The van der Waals surface area contributed by atoms with Crippen LogP contribution in [0.25, 0.3) is 122 Å². The number of hydrogen-bond acceptors (Lipinski definition) is 5. The van der Waals surface area contributed by atoms with Crippen molar-refractivity contribution >= 4 is 65.4 Å². The summed E-state index contributed by atoms with van der Waals surface area (Å²) >= 11 is 0. The Bertz CT molecular complexity index is 3410. The number of nitrogens with zero attached hydrogens (tertiary/aromatic N) is 3. The Morgan fingerprint density at radius 3 is 1.31 bits per heavy atom. The van der Waals surface area contributed by atoms with Gasteiger partial charge in [0, 0.05) is 49.0 Å². The summed E-state index contributed by atoms with van der Waals surface area (Å²) in [6, 6.07) is 65.0. The first kappa shape index (κ1) is 32.4. The molecule has 0 spiro atoms. The van der Waals surface area contributed by atoms with Crippen LogP contribution < -0.4 is 0 Å². The largest absolute Gasteiger partial charge is 0.455 e. The lowest BCUT2D eigenvalue weighted by Crippen LogP contribution is -2.02. The molecule has 0 fully saturated rings. The number of aromatic nitrogens is 3. The van der Waals surface area contributed by atoms with Gasteiger partial charge in [0.2, 0.25) is 0 Å². The lowest BCUT2D eigenvalue weighted by molar-refractivity contribution is 0.672. The molecule has 58 heavy (non-hydrogen) atoms. The van der Waals surface area contributed by atoms with Crippen LogP contribution in [0, 0.1) is 0 Å². The first-order chi connectivity index (χ1) is 28.7. The number of fused-ring (bicyclic) bond motifs is 10. The molecule has 5 nitrogen and oxygen atoms in total. The average Bonchev–Trinajstić information content (AvgIpc) is 3.89. The van der Waals surface area contributed by atoms with Crippen LogP contribution in [0.5, 0.6) is 0 Å². The molecule has 12 aromatic rings. The van der Waals surface area contributed by atoms with Gasteiger partial charge in [-0.1, -0.05) is 158 Å². The van der Waals surface area contributed by atoms with Gasteiger partial charge in [-0.05, 0) is 63.4 Å². The monoisotopic (exact) mass is 741 g/mol. The Morgan fingerprint density at radius 2 is 0.724 bits per heavy atom. The van der Waals surface area contributed by atoms with Gasteiger partial charge in [-0.2, -0.15) is 0 Å². The van der Waals surface area contributed by atoms with Crippen molar-refractivity contribution in [2.24, 2.45) is 0 Å². The van der Waals surface area contributed by atoms with Crippen molar-refractivity contribution in [1.29, 1.82) is 0 Å². The summed E-state index contributed by atoms with van der Waals surface area (Å²) in [5.74, 6) is 1.69. The van der Waals surface area contributed by atoms with Gasteiger partial charge in [0.15, 0.2) is 17.5 Å². The highest BCUT2D eigenvalue weighted by molar-refractivity contribution is 6.22. The molecule has 9 aromatic carbocycles. The van der Waals surface area contributed by atoms with E-state index in [9.17, 15) is 0 Å². The van der Waals surface area contributed by atoms with Crippen LogP contribution in [0.3, 0.4) is 0 Å². The summed E-state index contributed by atoms with van der Waals surface area (Å²) in [6.45, 7) is 0. The quantitative estimate of drug-likeness (QED) is 0.176. The fraction of sp³-hybridized carbons (Fsp3) is 0. The fourth-order valence-corrected chi connectivity index (χ4v) is 8.64. The molecule has 0 N–H and O–H groups in total. The summed E-state index contributed by atoms with van der Waals surface area (Å²) in [4.78, 5) is 16.3. The first-order valence-electron chi connectivity index (χ1n) is 19.4. The van der Waals surface area contributed by atoms with E-state index in [-0.39, 0.29) is 0 Å². The highest BCUT2D eigenvalue weighted by Crippen LogP contribution is 2.44. The first-order valence-corrected chi connectivity index (χ1v) is 19.4. The molecule has 5 heteroatoms. The predicted octanol–water partition coefficient (Wildman–Crippen LogP) is 14.3. The summed E-state index contributed by atoms with van der Waals surface area (Å²) in [7, 11) is 0. The molecule has 0 bridgehead atoms. The lowest BCUT2D eigenvalue weighted by atomic mass is 9.95. The zero-order valence-electron chi connectivity index (χ0n) is 31.1. The zero-order chi connectivity index (χ0) is 38.2. The Kier molecular flexibility index (Phi) is 7.16. The summed E-state index contributed by atoms with van der Waals surface area (Å²) in [5, 5.41) is 8.12. The van der Waals surface area contributed by atoms with Crippen molar-refractivity contribution in [2.75, 3.05) is 0 Å².